The second-order valence-corrected chi connectivity index (χ2v) is 7.46. The van der Waals surface area contributed by atoms with E-state index < -0.39 is 30.0 Å². The molecule has 0 aliphatic heterocycles. The molecule has 12 heteroatoms. The van der Waals surface area contributed by atoms with Gasteiger partial charge in [0.15, 0.2) is 0 Å². The Kier molecular flexibility index (Phi) is 9.91. The number of halogens is 3. The molecule has 0 aromatic heterocycles. The summed E-state index contributed by atoms with van der Waals surface area (Å²) in [7, 11) is 0. The van der Waals surface area contributed by atoms with Gasteiger partial charge in [-0.1, -0.05) is 43.3 Å². The van der Waals surface area contributed by atoms with Crippen LogP contribution in [0.4, 0.5) is 13.2 Å². The molecule has 0 aliphatic rings. The van der Waals surface area contributed by atoms with Gasteiger partial charge in [-0.3, -0.25) is 20.8 Å². The number of carbonyl (C=O) groups is 2. The zero-order valence-electron chi connectivity index (χ0n) is 19.0. The van der Waals surface area contributed by atoms with E-state index in [1.54, 1.807) is 12.1 Å². The number of nitrogens with one attached hydrogen (secondary N) is 4. The molecule has 6 N–H and O–H groups in total. The van der Waals surface area contributed by atoms with Gasteiger partial charge in [0.05, 0.1) is 18.2 Å². The molecule has 1 atom stereocenters. The van der Waals surface area contributed by atoms with Gasteiger partial charge in [-0.25, -0.2) is 5.01 Å². The first kappa shape index (κ1) is 27.5. The standard InChI is InChI=1S/C23H27F3N6O3/c1-2-15-7-9-16(10-8-15)19(13-27)31-22(34)18(28)14-32(29)12-11-30-21(33)17-5-3-4-6-20(17)35-23(24,25)26/h3-10,13,19,27-28H,2,11-12,14,29H2,1H3,(H,30,33)(H,31,34). The second-order valence-electron chi connectivity index (χ2n) is 7.46. The van der Waals surface area contributed by atoms with Crippen molar-refractivity contribution >= 4 is 23.7 Å². The molecule has 0 saturated heterocycles. The van der Waals surface area contributed by atoms with Crippen LogP contribution >= 0.6 is 0 Å². The summed E-state index contributed by atoms with van der Waals surface area (Å²) in [4.78, 5) is 24.6. The highest BCUT2D eigenvalue weighted by Gasteiger charge is 2.32. The summed E-state index contributed by atoms with van der Waals surface area (Å²) in [5, 5.41) is 21.7. The summed E-state index contributed by atoms with van der Waals surface area (Å²) in [6, 6.07) is 11.6. The van der Waals surface area contributed by atoms with Crippen LogP contribution in [0.5, 0.6) is 5.75 Å². The average molecular weight is 493 g/mol. The second kappa shape index (κ2) is 12.6. The van der Waals surface area contributed by atoms with E-state index in [9.17, 15) is 22.8 Å². The van der Waals surface area contributed by atoms with Gasteiger partial charge in [0, 0.05) is 19.3 Å². The molecule has 1 unspecified atom stereocenters. The number of alkyl halides is 3. The van der Waals surface area contributed by atoms with Gasteiger partial charge >= 0.3 is 6.36 Å². The molecule has 9 nitrogen and oxygen atoms in total. The van der Waals surface area contributed by atoms with Crippen LogP contribution in [0.25, 0.3) is 0 Å². The van der Waals surface area contributed by atoms with Crippen LogP contribution in [0.15, 0.2) is 48.5 Å². The first-order valence-electron chi connectivity index (χ1n) is 10.6. The van der Waals surface area contributed by atoms with Crippen LogP contribution in [0.3, 0.4) is 0 Å². The minimum atomic E-state index is -4.94. The van der Waals surface area contributed by atoms with Crippen molar-refractivity contribution in [3.63, 3.8) is 0 Å². The van der Waals surface area contributed by atoms with E-state index in [-0.39, 0.29) is 30.9 Å². The molecule has 2 rings (SSSR count). The fourth-order valence-electron chi connectivity index (χ4n) is 3.04. The van der Waals surface area contributed by atoms with Crippen molar-refractivity contribution in [2.75, 3.05) is 19.6 Å². The number of nitrogens with two attached hydrogens (primary N) is 1. The lowest BCUT2D eigenvalue weighted by Crippen LogP contribution is -2.46. The zero-order valence-corrected chi connectivity index (χ0v) is 19.0. The average Bonchev–Trinajstić information content (AvgIpc) is 2.81. The van der Waals surface area contributed by atoms with E-state index in [2.05, 4.69) is 15.4 Å². The Morgan fingerprint density at radius 1 is 1.17 bits per heavy atom. The summed E-state index contributed by atoms with van der Waals surface area (Å²) < 4.78 is 41.4. The normalized spacial score (nSPS) is 12.1. The SMILES string of the molecule is CCc1ccc(C(C=N)NC(=O)C(=N)CN(N)CCNC(=O)c2ccccc2OC(F)(F)F)cc1. The molecule has 35 heavy (non-hydrogen) atoms. The quantitative estimate of drug-likeness (QED) is 0.176. The van der Waals surface area contributed by atoms with Crippen molar-refractivity contribution in [3.05, 3.63) is 65.2 Å². The molecule has 0 heterocycles. The molecule has 0 bridgehead atoms. The van der Waals surface area contributed by atoms with Crippen molar-refractivity contribution in [2.45, 2.75) is 25.7 Å². The molecule has 0 saturated carbocycles. The van der Waals surface area contributed by atoms with Gasteiger partial charge in [0.1, 0.15) is 11.5 Å². The van der Waals surface area contributed by atoms with Crippen molar-refractivity contribution in [3.8, 4) is 5.75 Å². The lowest BCUT2D eigenvalue weighted by Gasteiger charge is -2.19. The monoisotopic (exact) mass is 492 g/mol. The number of carbonyl (C=O) groups excluding carboxylic acids is 2. The molecular weight excluding hydrogens is 465 g/mol. The van der Waals surface area contributed by atoms with E-state index in [1.807, 2.05) is 19.1 Å². The van der Waals surface area contributed by atoms with Crippen molar-refractivity contribution in [1.82, 2.24) is 15.6 Å². The first-order chi connectivity index (χ1) is 16.5. The minimum Gasteiger partial charge on any atom is -0.405 e. The zero-order chi connectivity index (χ0) is 26.0. The summed E-state index contributed by atoms with van der Waals surface area (Å²) in [5.41, 5.74) is 1.14. The molecule has 0 aliphatic carbocycles. The molecule has 0 radical (unpaired) electrons. The summed E-state index contributed by atoms with van der Waals surface area (Å²) in [5.74, 6) is 3.66. The predicted molar refractivity (Wildman–Crippen MR) is 124 cm³/mol. The number of ether oxygens (including phenoxy) is 1. The molecule has 188 valence electrons. The highest BCUT2D eigenvalue weighted by Crippen LogP contribution is 2.26. The number of hydrazine groups is 1. The van der Waals surface area contributed by atoms with Crippen molar-refractivity contribution < 1.29 is 27.5 Å². The molecule has 2 aromatic carbocycles. The molecular formula is C23H27F3N6O3. The van der Waals surface area contributed by atoms with Crippen molar-refractivity contribution in [2.24, 2.45) is 5.84 Å². The Bertz CT molecular complexity index is 1040. The predicted octanol–water partition coefficient (Wildman–Crippen LogP) is 2.58. The number of benzene rings is 2. The fourth-order valence-corrected chi connectivity index (χ4v) is 3.04. The molecule has 2 aromatic rings. The fraction of sp³-hybridized carbons (Fsp3) is 0.304. The maximum Gasteiger partial charge on any atom is 0.573 e. The van der Waals surface area contributed by atoms with Gasteiger partial charge in [-0.15, -0.1) is 13.2 Å². The third-order valence-corrected chi connectivity index (χ3v) is 4.88. The molecule has 0 spiro atoms. The number of aryl methyl sites for hydroxylation is 1. The Balaban J connectivity index is 1.84. The van der Waals surface area contributed by atoms with Gasteiger partial charge in [0.25, 0.3) is 11.8 Å². The number of amides is 2. The van der Waals surface area contributed by atoms with Crippen LogP contribution in [0, 0.1) is 10.8 Å². The van der Waals surface area contributed by atoms with E-state index in [0.29, 0.717) is 5.56 Å². The summed E-state index contributed by atoms with van der Waals surface area (Å²) in [6.45, 7) is 1.71. The van der Waals surface area contributed by atoms with Gasteiger partial charge in [-0.2, -0.15) is 0 Å². The smallest absolute Gasteiger partial charge is 0.405 e. The Morgan fingerprint density at radius 2 is 1.83 bits per heavy atom. The van der Waals surface area contributed by atoms with E-state index in [1.165, 1.54) is 18.2 Å². The first-order valence-corrected chi connectivity index (χ1v) is 10.6. The maximum atomic E-state index is 12.5. The Morgan fingerprint density at radius 3 is 2.43 bits per heavy atom. The Labute approximate surface area is 200 Å². The van der Waals surface area contributed by atoms with Gasteiger partial charge in [0.2, 0.25) is 0 Å². The van der Waals surface area contributed by atoms with Crippen molar-refractivity contribution in [1.29, 1.82) is 10.8 Å². The van der Waals surface area contributed by atoms with E-state index in [4.69, 9.17) is 16.7 Å². The lowest BCUT2D eigenvalue weighted by atomic mass is 10.0. The topological polar surface area (TPSA) is 144 Å². The number of hydrogen-bond acceptors (Lipinski definition) is 7. The number of para-hydroxylation sites is 1. The Hall–Kier alpha value is -3.77. The number of nitrogens with zero attached hydrogens (tertiary/aromatic N) is 1. The summed E-state index contributed by atoms with van der Waals surface area (Å²) >= 11 is 0. The van der Waals surface area contributed by atoms with Crippen LogP contribution in [-0.4, -0.2) is 54.7 Å². The van der Waals surface area contributed by atoms with Crippen LogP contribution in [0.2, 0.25) is 0 Å². The van der Waals surface area contributed by atoms with Crippen LogP contribution < -0.4 is 21.2 Å². The molecule has 2 amide bonds. The van der Waals surface area contributed by atoms with Gasteiger partial charge in [-0.05, 0) is 29.7 Å². The highest BCUT2D eigenvalue weighted by molar-refractivity contribution is 6.38. The van der Waals surface area contributed by atoms with Gasteiger partial charge < -0.3 is 20.8 Å². The number of rotatable bonds is 12. The number of hydrogen-bond donors (Lipinski definition) is 5. The van der Waals surface area contributed by atoms with E-state index >= 15 is 0 Å². The minimum absolute atomic E-state index is 0.0101. The highest BCUT2D eigenvalue weighted by atomic mass is 19.4. The third-order valence-electron chi connectivity index (χ3n) is 4.88. The van der Waals surface area contributed by atoms with Crippen LogP contribution in [0.1, 0.15) is 34.5 Å². The maximum absolute atomic E-state index is 12.5. The lowest BCUT2D eigenvalue weighted by molar-refractivity contribution is -0.274. The summed E-state index contributed by atoms with van der Waals surface area (Å²) in [6.07, 6.45) is -3.03. The van der Waals surface area contributed by atoms with E-state index in [0.717, 1.165) is 29.3 Å². The third kappa shape index (κ3) is 8.83. The largest absolute Gasteiger partial charge is 0.573 e. The van der Waals surface area contributed by atoms with Crippen LogP contribution in [-0.2, 0) is 11.2 Å². The molecule has 0 fully saturated rings.